The first-order valence-electron chi connectivity index (χ1n) is 15.4. The van der Waals surface area contributed by atoms with Crippen molar-refractivity contribution in [1.29, 1.82) is 0 Å². The van der Waals surface area contributed by atoms with Crippen molar-refractivity contribution in [1.82, 2.24) is 0 Å². The Morgan fingerprint density at radius 2 is 1.59 bits per heavy atom. The fourth-order valence-electron chi connectivity index (χ4n) is 4.31. The van der Waals surface area contributed by atoms with Crippen molar-refractivity contribution in [3.63, 3.8) is 0 Å². The van der Waals surface area contributed by atoms with Crippen molar-refractivity contribution in [2.75, 3.05) is 13.2 Å². The molecule has 1 unspecified atom stereocenters. The summed E-state index contributed by atoms with van der Waals surface area (Å²) < 4.78 is 26.7. The molecule has 0 radical (unpaired) electrons. The molecule has 0 aromatic heterocycles. The molecule has 0 aliphatic carbocycles. The maximum absolute atomic E-state index is 6.84. The van der Waals surface area contributed by atoms with E-state index in [1.54, 1.807) is 0 Å². The Bertz CT molecular complexity index is 1010. The second-order valence-corrected chi connectivity index (χ2v) is 24.7. The molecule has 1 aliphatic rings. The van der Waals surface area contributed by atoms with Crippen molar-refractivity contribution >= 4 is 22.7 Å². The molecule has 4 nitrogen and oxygen atoms in total. The molecule has 0 spiro atoms. The highest BCUT2D eigenvalue weighted by Crippen LogP contribution is 2.38. The largest absolute Gasteiger partial charge is 0.414 e. The summed E-state index contributed by atoms with van der Waals surface area (Å²) >= 11 is 0. The highest BCUT2D eigenvalue weighted by atomic mass is 28.4. The van der Waals surface area contributed by atoms with Gasteiger partial charge in [0.25, 0.3) is 0 Å². The summed E-state index contributed by atoms with van der Waals surface area (Å²) in [6.45, 7) is 32.6. The fraction of sp³-hybridized carbons (Fsp3) is 0.657. The van der Waals surface area contributed by atoms with E-state index >= 15 is 0 Å². The zero-order valence-corrected chi connectivity index (χ0v) is 30.3. The van der Waals surface area contributed by atoms with E-state index in [1.807, 2.05) is 6.07 Å². The third kappa shape index (κ3) is 12.1. The topological polar surface area (TPSA) is 36.9 Å². The average Bonchev–Trinajstić information content (AvgIpc) is 2.83. The second-order valence-electron chi connectivity index (χ2n) is 15.1. The lowest BCUT2D eigenvalue weighted by Crippen LogP contribution is -2.44. The molecule has 1 aromatic rings. The summed E-state index contributed by atoms with van der Waals surface area (Å²) in [5.41, 5.74) is 3.62. The van der Waals surface area contributed by atoms with Crippen LogP contribution in [0.25, 0.3) is 6.08 Å². The van der Waals surface area contributed by atoms with E-state index in [9.17, 15) is 0 Å². The van der Waals surface area contributed by atoms with Gasteiger partial charge in [0.15, 0.2) is 16.6 Å². The molecule has 4 atom stereocenters. The Morgan fingerprint density at radius 1 is 1.00 bits per heavy atom. The first kappa shape index (κ1) is 35.9. The van der Waals surface area contributed by atoms with Crippen molar-refractivity contribution in [3.05, 3.63) is 65.8 Å². The summed E-state index contributed by atoms with van der Waals surface area (Å²) in [7, 11) is -3.76. The SMILES string of the molecule is C=C(C)C[C@H](CO[Si](C)(C)C(C)(C)C)O[C@H](/C=C/c1ccccc1)CC1C=C(C)C[C@H](CO[Si](C)(C)C(C)(C)C)O1. The van der Waals surface area contributed by atoms with Gasteiger partial charge in [0, 0.05) is 6.42 Å². The molecule has 0 N–H and O–H groups in total. The monoisotopic (exact) mass is 600 g/mol. The quantitative estimate of drug-likeness (QED) is 0.157. The predicted molar refractivity (Wildman–Crippen MR) is 182 cm³/mol. The van der Waals surface area contributed by atoms with Crippen LogP contribution in [0, 0.1) is 0 Å². The number of hydrogen-bond donors (Lipinski definition) is 0. The summed E-state index contributed by atoms with van der Waals surface area (Å²) in [6.07, 6.45) is 8.88. The average molecular weight is 601 g/mol. The lowest BCUT2D eigenvalue weighted by Gasteiger charge is -2.39. The van der Waals surface area contributed by atoms with Gasteiger partial charge in [-0.05, 0) is 68.5 Å². The van der Waals surface area contributed by atoms with Gasteiger partial charge in [-0.2, -0.15) is 0 Å². The zero-order valence-electron chi connectivity index (χ0n) is 28.3. The first-order valence-corrected chi connectivity index (χ1v) is 21.2. The molecule has 0 saturated heterocycles. The van der Waals surface area contributed by atoms with Gasteiger partial charge in [-0.1, -0.05) is 101 Å². The predicted octanol–water partition coefficient (Wildman–Crippen LogP) is 9.96. The van der Waals surface area contributed by atoms with Crippen LogP contribution in [-0.2, 0) is 18.3 Å². The van der Waals surface area contributed by atoms with Crippen LogP contribution in [0.15, 0.2) is 60.2 Å². The van der Waals surface area contributed by atoms with Gasteiger partial charge >= 0.3 is 0 Å². The van der Waals surface area contributed by atoms with Crippen LogP contribution < -0.4 is 0 Å². The Morgan fingerprint density at radius 3 is 2.15 bits per heavy atom. The highest BCUT2D eigenvalue weighted by molar-refractivity contribution is 6.74. The standard InChI is InChI=1S/C35H60O4Si2/c1-27(2)21-32(25-36-40(10,11)34(4,5)6)38-30(20-19-29-17-15-14-16-18-29)24-31-22-28(3)23-33(39-31)26-37-41(12,13)35(7,8)9/h14-20,22,30-33H,1,21,23-26H2,2-13H3/b20-19+/t30-,31?,32-,33-/m1/s1. The Balaban J connectivity index is 2.22. The minimum Gasteiger partial charge on any atom is -0.414 e. The van der Waals surface area contributed by atoms with E-state index in [0.717, 1.165) is 30.4 Å². The lowest BCUT2D eigenvalue weighted by atomic mass is 10.00. The van der Waals surface area contributed by atoms with E-state index < -0.39 is 16.6 Å². The molecule has 2 rings (SSSR count). The van der Waals surface area contributed by atoms with Crippen molar-refractivity contribution < 1.29 is 18.3 Å². The maximum Gasteiger partial charge on any atom is 0.192 e. The normalized spacial score (nSPS) is 20.6. The van der Waals surface area contributed by atoms with Gasteiger partial charge in [0.05, 0.1) is 37.6 Å². The van der Waals surface area contributed by atoms with E-state index in [1.165, 1.54) is 5.57 Å². The molecule has 0 bridgehead atoms. The molecule has 6 heteroatoms. The van der Waals surface area contributed by atoms with Crippen molar-refractivity contribution in [2.24, 2.45) is 0 Å². The van der Waals surface area contributed by atoms with E-state index in [0.29, 0.717) is 13.2 Å². The molecular formula is C35H60O4Si2. The molecule has 232 valence electrons. The molecule has 0 fully saturated rings. The van der Waals surface area contributed by atoms with E-state index in [4.69, 9.17) is 18.3 Å². The molecule has 1 aromatic carbocycles. The van der Waals surface area contributed by atoms with Gasteiger partial charge in [0.1, 0.15) is 0 Å². The number of ether oxygens (including phenoxy) is 2. The summed E-state index contributed by atoms with van der Waals surface area (Å²) in [5.74, 6) is 0. The molecule has 0 saturated carbocycles. The Kier molecular flexibility index (Phi) is 13.1. The van der Waals surface area contributed by atoms with Gasteiger partial charge in [-0.3, -0.25) is 0 Å². The van der Waals surface area contributed by atoms with Gasteiger partial charge in [0.2, 0.25) is 0 Å². The zero-order chi connectivity index (χ0) is 31.1. The maximum atomic E-state index is 6.84. The molecule has 1 heterocycles. The third-order valence-electron chi connectivity index (χ3n) is 8.97. The van der Waals surface area contributed by atoms with Gasteiger partial charge < -0.3 is 18.3 Å². The van der Waals surface area contributed by atoms with Gasteiger partial charge in [-0.25, -0.2) is 0 Å². The third-order valence-corrected chi connectivity index (χ3v) is 18.0. The first-order chi connectivity index (χ1) is 18.8. The Labute approximate surface area is 254 Å². The highest BCUT2D eigenvalue weighted by Gasteiger charge is 2.39. The number of hydrogen-bond acceptors (Lipinski definition) is 4. The second kappa shape index (κ2) is 14.9. The van der Waals surface area contributed by atoms with Crippen LogP contribution >= 0.6 is 0 Å². The molecule has 1 aliphatic heterocycles. The van der Waals surface area contributed by atoms with Crippen molar-refractivity contribution in [3.8, 4) is 0 Å². The smallest absolute Gasteiger partial charge is 0.192 e. The van der Waals surface area contributed by atoms with Crippen LogP contribution in [-0.4, -0.2) is 54.3 Å². The molecule has 0 amide bonds. The molecular weight excluding hydrogens is 541 g/mol. The fourth-order valence-corrected chi connectivity index (χ4v) is 6.38. The van der Waals surface area contributed by atoms with E-state index in [2.05, 4.69) is 131 Å². The van der Waals surface area contributed by atoms with Gasteiger partial charge in [-0.15, -0.1) is 6.58 Å². The Hall–Kier alpha value is -1.29. The number of benzene rings is 1. The summed E-state index contributed by atoms with van der Waals surface area (Å²) in [4.78, 5) is 0. The summed E-state index contributed by atoms with van der Waals surface area (Å²) in [6, 6.07) is 10.4. The van der Waals surface area contributed by atoms with Crippen LogP contribution in [0.1, 0.15) is 80.2 Å². The van der Waals surface area contributed by atoms with Crippen LogP contribution in [0.4, 0.5) is 0 Å². The summed E-state index contributed by atoms with van der Waals surface area (Å²) in [5, 5.41) is 0.324. The molecule has 41 heavy (non-hydrogen) atoms. The van der Waals surface area contributed by atoms with Crippen LogP contribution in [0.5, 0.6) is 0 Å². The lowest BCUT2D eigenvalue weighted by molar-refractivity contribution is -0.0654. The number of rotatable bonds is 14. The minimum atomic E-state index is -1.91. The van der Waals surface area contributed by atoms with Crippen LogP contribution in [0.2, 0.25) is 36.3 Å². The van der Waals surface area contributed by atoms with Crippen molar-refractivity contribution in [2.45, 2.75) is 135 Å². The van der Waals surface area contributed by atoms with E-state index in [-0.39, 0.29) is 34.5 Å². The van der Waals surface area contributed by atoms with Crippen LogP contribution in [0.3, 0.4) is 0 Å². The minimum absolute atomic E-state index is 0.0334.